The van der Waals surface area contributed by atoms with Crippen molar-refractivity contribution in [3.05, 3.63) is 130 Å². The highest BCUT2D eigenvalue weighted by atomic mass is 35.5. The average molecular weight is 465 g/mol. The molecule has 0 aromatic heterocycles. The minimum absolute atomic E-state index is 0.0573. The number of hydrogen-bond acceptors (Lipinski definition) is 2. The summed E-state index contributed by atoms with van der Waals surface area (Å²) in [4.78, 5) is 15.4. The molecular weight excluding hydrogens is 440 g/mol. The van der Waals surface area contributed by atoms with Crippen LogP contribution < -0.4 is 10.2 Å². The normalized spacial score (nSPS) is 18.7. The van der Waals surface area contributed by atoms with E-state index in [0.29, 0.717) is 5.56 Å². The van der Waals surface area contributed by atoms with Crippen molar-refractivity contribution >= 4 is 28.9 Å². The van der Waals surface area contributed by atoms with Crippen molar-refractivity contribution in [1.29, 1.82) is 0 Å². The molecule has 1 atom stereocenters. The third kappa shape index (κ3) is 3.48. The number of hydrogen-bond donors (Lipinski definition) is 1. The molecule has 2 heterocycles. The van der Waals surface area contributed by atoms with E-state index >= 15 is 0 Å². The second-order valence-corrected chi connectivity index (χ2v) is 9.57. The van der Waals surface area contributed by atoms with E-state index in [1.807, 2.05) is 41.3 Å². The Morgan fingerprint density at radius 3 is 2.18 bits per heavy atom. The lowest BCUT2D eigenvalue weighted by atomic mass is 9.80. The fourth-order valence-electron chi connectivity index (χ4n) is 5.40. The van der Waals surface area contributed by atoms with Crippen LogP contribution in [0.5, 0.6) is 0 Å². The van der Waals surface area contributed by atoms with E-state index in [-0.39, 0.29) is 5.91 Å². The van der Waals surface area contributed by atoms with E-state index < -0.39 is 5.54 Å². The molecule has 168 valence electrons. The lowest BCUT2D eigenvalue weighted by molar-refractivity contribution is 0.0985. The molecule has 0 saturated heterocycles. The van der Waals surface area contributed by atoms with Gasteiger partial charge in [-0.25, -0.2) is 0 Å². The number of carbonyl (C=O) groups is 1. The third-order valence-electron chi connectivity index (χ3n) is 7.14. The zero-order valence-electron chi connectivity index (χ0n) is 18.8. The number of anilines is 2. The molecule has 1 unspecified atom stereocenters. The molecule has 0 radical (unpaired) electrons. The van der Waals surface area contributed by atoms with Crippen LogP contribution in [0.2, 0.25) is 5.02 Å². The summed E-state index contributed by atoms with van der Waals surface area (Å²) in [6, 6.07) is 32.8. The fourth-order valence-corrected chi connectivity index (χ4v) is 5.53. The number of carbonyl (C=O) groups excluding carboxylic acids is 1. The molecule has 4 heteroatoms. The van der Waals surface area contributed by atoms with Gasteiger partial charge in [-0.2, -0.15) is 0 Å². The minimum Gasteiger partial charge on any atom is -0.371 e. The van der Waals surface area contributed by atoms with Crippen LogP contribution in [-0.4, -0.2) is 12.5 Å². The Bertz CT molecular complexity index is 1340. The first-order chi connectivity index (χ1) is 16.6. The van der Waals surface area contributed by atoms with Crippen molar-refractivity contribution in [2.45, 2.75) is 24.8 Å². The smallest absolute Gasteiger partial charge is 0.258 e. The number of para-hydroxylation sites is 2. The number of halogens is 1. The van der Waals surface area contributed by atoms with Crippen molar-refractivity contribution in [2.75, 3.05) is 16.8 Å². The van der Waals surface area contributed by atoms with Gasteiger partial charge in [-0.05, 0) is 71.5 Å². The maximum Gasteiger partial charge on any atom is 0.258 e. The number of nitrogens with one attached hydrogen (secondary N) is 1. The second kappa shape index (κ2) is 8.34. The third-order valence-corrected chi connectivity index (χ3v) is 7.39. The van der Waals surface area contributed by atoms with E-state index in [9.17, 15) is 4.79 Å². The van der Waals surface area contributed by atoms with Crippen LogP contribution in [0.15, 0.2) is 97.1 Å². The summed E-state index contributed by atoms with van der Waals surface area (Å²) in [5, 5.41) is 4.51. The Labute approximate surface area is 205 Å². The topological polar surface area (TPSA) is 32.3 Å². The molecule has 1 N–H and O–H groups in total. The van der Waals surface area contributed by atoms with E-state index in [1.54, 1.807) is 0 Å². The summed E-state index contributed by atoms with van der Waals surface area (Å²) in [5.74, 6) is 0.0573. The Balaban J connectivity index is 1.36. The van der Waals surface area contributed by atoms with Crippen molar-refractivity contribution < 1.29 is 4.79 Å². The van der Waals surface area contributed by atoms with Gasteiger partial charge < -0.3 is 10.2 Å². The summed E-state index contributed by atoms with van der Waals surface area (Å²) >= 11 is 6.20. The molecule has 0 spiro atoms. The van der Waals surface area contributed by atoms with Gasteiger partial charge in [0.1, 0.15) is 0 Å². The van der Waals surface area contributed by atoms with Gasteiger partial charge in [-0.1, -0.05) is 72.3 Å². The van der Waals surface area contributed by atoms with Gasteiger partial charge in [-0.15, -0.1) is 0 Å². The van der Waals surface area contributed by atoms with E-state index in [2.05, 4.69) is 66.0 Å². The summed E-state index contributed by atoms with van der Waals surface area (Å²) in [7, 11) is 0. The largest absolute Gasteiger partial charge is 0.371 e. The minimum atomic E-state index is -0.409. The van der Waals surface area contributed by atoms with Crippen LogP contribution in [0.1, 0.15) is 39.0 Å². The highest BCUT2D eigenvalue weighted by Gasteiger charge is 2.40. The number of rotatable bonds is 3. The number of aryl methyl sites for hydroxylation is 1. The first-order valence-electron chi connectivity index (χ1n) is 11.8. The molecule has 0 saturated carbocycles. The van der Waals surface area contributed by atoms with Gasteiger partial charge in [0.25, 0.3) is 5.91 Å². The van der Waals surface area contributed by atoms with Crippen LogP contribution in [0, 0.1) is 0 Å². The Morgan fingerprint density at radius 1 is 0.794 bits per heavy atom. The Hall–Kier alpha value is -3.56. The van der Waals surface area contributed by atoms with Crippen molar-refractivity contribution in [3.8, 4) is 0 Å². The molecule has 0 bridgehead atoms. The van der Waals surface area contributed by atoms with Gasteiger partial charge in [0.05, 0.1) is 5.54 Å². The van der Waals surface area contributed by atoms with Crippen LogP contribution in [0.25, 0.3) is 0 Å². The zero-order valence-corrected chi connectivity index (χ0v) is 19.6. The molecule has 4 aromatic rings. The first kappa shape index (κ1) is 21.0. The Morgan fingerprint density at radius 2 is 1.44 bits per heavy atom. The fraction of sp³-hybridized carbons (Fsp3) is 0.167. The lowest BCUT2D eigenvalue weighted by Gasteiger charge is -2.32. The lowest BCUT2D eigenvalue weighted by Crippen LogP contribution is -2.36. The van der Waals surface area contributed by atoms with Crippen LogP contribution in [-0.2, 0) is 18.4 Å². The molecule has 3 nitrogen and oxygen atoms in total. The summed E-state index contributed by atoms with van der Waals surface area (Å²) < 4.78 is 0. The van der Waals surface area contributed by atoms with Crippen molar-refractivity contribution in [2.24, 2.45) is 0 Å². The number of nitrogens with zero attached hydrogens (tertiary/aromatic N) is 1. The standard InChI is InChI=1S/C30H25ClN2O/c31-26-17-15-25(16-18-26)30(20-23-7-1-3-9-27(23)32-30)24-13-11-22(12-14-24)29(34)33-19-5-8-21-6-2-4-10-28(21)33/h1-4,6-7,9-18,32H,5,8,19-20H2. The zero-order chi connectivity index (χ0) is 23.1. The number of amides is 1. The highest BCUT2D eigenvalue weighted by Crippen LogP contribution is 2.44. The molecule has 0 fully saturated rings. The highest BCUT2D eigenvalue weighted by molar-refractivity contribution is 6.30. The van der Waals surface area contributed by atoms with Gasteiger partial charge >= 0.3 is 0 Å². The van der Waals surface area contributed by atoms with Crippen LogP contribution in [0.4, 0.5) is 11.4 Å². The van der Waals surface area contributed by atoms with Gasteiger partial charge in [0.2, 0.25) is 0 Å². The molecule has 2 aliphatic heterocycles. The molecule has 0 aliphatic carbocycles. The number of fused-ring (bicyclic) bond motifs is 2. The van der Waals surface area contributed by atoms with E-state index in [4.69, 9.17) is 11.6 Å². The van der Waals surface area contributed by atoms with E-state index in [1.165, 1.54) is 11.1 Å². The molecule has 2 aliphatic rings. The molecule has 34 heavy (non-hydrogen) atoms. The molecule has 4 aromatic carbocycles. The van der Waals surface area contributed by atoms with E-state index in [0.717, 1.165) is 53.3 Å². The average Bonchev–Trinajstić information content (AvgIpc) is 3.29. The number of benzene rings is 4. The quantitative estimate of drug-likeness (QED) is 0.359. The summed E-state index contributed by atoms with van der Waals surface area (Å²) in [6.07, 6.45) is 2.84. The summed E-state index contributed by atoms with van der Waals surface area (Å²) in [5.41, 5.74) is 7.28. The maximum absolute atomic E-state index is 13.5. The SMILES string of the molecule is O=C(c1ccc(C2(c3ccc(Cl)cc3)Cc3ccccc3N2)cc1)N1CCCc2ccccc21. The predicted molar refractivity (Wildman–Crippen MR) is 139 cm³/mol. The molecule has 6 rings (SSSR count). The first-order valence-corrected chi connectivity index (χ1v) is 12.1. The van der Waals surface area contributed by atoms with Gasteiger partial charge in [-0.3, -0.25) is 4.79 Å². The van der Waals surface area contributed by atoms with Crippen molar-refractivity contribution in [3.63, 3.8) is 0 Å². The van der Waals surface area contributed by atoms with Crippen LogP contribution >= 0.6 is 11.6 Å². The van der Waals surface area contributed by atoms with Crippen LogP contribution in [0.3, 0.4) is 0 Å². The van der Waals surface area contributed by atoms with Gasteiger partial charge in [0, 0.05) is 34.9 Å². The Kier molecular flexibility index (Phi) is 5.15. The van der Waals surface area contributed by atoms with Gasteiger partial charge in [0.15, 0.2) is 0 Å². The van der Waals surface area contributed by atoms with Crippen molar-refractivity contribution in [1.82, 2.24) is 0 Å². The molecular formula is C30H25ClN2O. The summed E-state index contributed by atoms with van der Waals surface area (Å²) in [6.45, 7) is 0.753. The monoisotopic (exact) mass is 464 g/mol. The second-order valence-electron chi connectivity index (χ2n) is 9.14. The predicted octanol–water partition coefficient (Wildman–Crippen LogP) is 6.84. The maximum atomic E-state index is 13.5. The molecule has 1 amide bonds.